The van der Waals surface area contributed by atoms with Gasteiger partial charge in [0.2, 0.25) is 0 Å². The molecule has 0 aliphatic heterocycles. The van der Waals surface area contributed by atoms with Gasteiger partial charge in [-0.05, 0) is 38.7 Å². The maximum Gasteiger partial charge on any atom is 0.265 e. The number of nitrogens with zero attached hydrogens (tertiary/aromatic N) is 2. The fourth-order valence-electron chi connectivity index (χ4n) is 1.88. The molecule has 1 aromatic rings. The van der Waals surface area contributed by atoms with Gasteiger partial charge in [0.15, 0.2) is 5.13 Å². The van der Waals surface area contributed by atoms with Gasteiger partial charge >= 0.3 is 0 Å². The van der Waals surface area contributed by atoms with Crippen LogP contribution in [0.2, 0.25) is 0 Å². The first kappa shape index (κ1) is 18.1. The van der Waals surface area contributed by atoms with Crippen LogP contribution in [-0.2, 0) is 0 Å². The van der Waals surface area contributed by atoms with E-state index >= 15 is 0 Å². The maximum atomic E-state index is 12.3. The lowest BCUT2D eigenvalue weighted by Gasteiger charge is -2.16. The molecule has 0 saturated heterocycles. The van der Waals surface area contributed by atoms with E-state index in [-0.39, 0.29) is 11.9 Å². The number of thioether (sulfide) groups is 1. The van der Waals surface area contributed by atoms with E-state index in [1.807, 2.05) is 18.7 Å². The molecule has 1 aromatic heterocycles. The predicted octanol–water partition coefficient (Wildman–Crippen LogP) is 2.83. The molecular weight excluding hydrogens is 304 g/mol. The van der Waals surface area contributed by atoms with Crippen molar-refractivity contribution in [3.63, 3.8) is 0 Å². The first-order chi connectivity index (χ1) is 10.0. The summed E-state index contributed by atoms with van der Waals surface area (Å²) in [4.78, 5) is 19.2. The highest BCUT2D eigenvalue weighted by atomic mass is 32.2. The van der Waals surface area contributed by atoms with Gasteiger partial charge in [-0.1, -0.05) is 18.3 Å². The Balaban J connectivity index is 2.65. The zero-order chi connectivity index (χ0) is 15.8. The van der Waals surface area contributed by atoms with Gasteiger partial charge in [0.05, 0.1) is 0 Å². The smallest absolute Gasteiger partial charge is 0.265 e. The van der Waals surface area contributed by atoms with Crippen LogP contribution in [0.3, 0.4) is 0 Å². The predicted molar refractivity (Wildman–Crippen MR) is 94.6 cm³/mol. The Labute approximate surface area is 135 Å². The first-order valence-electron chi connectivity index (χ1n) is 7.43. The van der Waals surface area contributed by atoms with Crippen LogP contribution in [0.5, 0.6) is 0 Å². The van der Waals surface area contributed by atoms with Gasteiger partial charge in [-0.15, -0.1) is 0 Å². The van der Waals surface area contributed by atoms with Crippen molar-refractivity contribution in [3.05, 3.63) is 4.88 Å². The zero-order valence-corrected chi connectivity index (χ0v) is 14.9. The monoisotopic (exact) mass is 330 g/mol. The molecule has 1 atom stereocenters. The van der Waals surface area contributed by atoms with Gasteiger partial charge in [0, 0.05) is 19.1 Å². The van der Waals surface area contributed by atoms with E-state index in [2.05, 4.69) is 36.0 Å². The molecule has 21 heavy (non-hydrogen) atoms. The normalized spacial score (nSPS) is 12.2. The molecule has 0 aromatic carbocycles. The average molecular weight is 331 g/mol. The number of amides is 1. The second kappa shape index (κ2) is 9.15. The van der Waals surface area contributed by atoms with E-state index in [4.69, 9.17) is 5.73 Å². The molecule has 0 radical (unpaired) electrons. The molecule has 0 spiro atoms. The van der Waals surface area contributed by atoms with Crippen molar-refractivity contribution in [2.45, 2.75) is 40.2 Å². The van der Waals surface area contributed by atoms with Gasteiger partial charge in [0.1, 0.15) is 10.7 Å². The van der Waals surface area contributed by atoms with E-state index in [1.165, 1.54) is 11.3 Å². The summed E-state index contributed by atoms with van der Waals surface area (Å²) in [5.41, 5.74) is 5.89. The minimum Gasteiger partial charge on any atom is -0.382 e. The summed E-state index contributed by atoms with van der Waals surface area (Å²) >= 11 is 3.25. The number of nitrogens with one attached hydrogen (secondary N) is 1. The summed E-state index contributed by atoms with van der Waals surface area (Å²) in [5, 5.41) is 3.82. The van der Waals surface area contributed by atoms with Crippen molar-refractivity contribution in [3.8, 4) is 0 Å². The maximum absolute atomic E-state index is 12.3. The summed E-state index contributed by atoms with van der Waals surface area (Å²) in [6, 6.07) is 0.148. The molecule has 0 fully saturated rings. The van der Waals surface area contributed by atoms with Crippen LogP contribution in [0.1, 0.15) is 43.8 Å². The topological polar surface area (TPSA) is 71.2 Å². The van der Waals surface area contributed by atoms with Crippen molar-refractivity contribution < 1.29 is 4.79 Å². The fourth-order valence-corrected chi connectivity index (χ4v) is 3.70. The Hall–Kier alpha value is -0.950. The number of aromatic nitrogens is 1. The molecule has 3 N–H and O–H groups in total. The quantitative estimate of drug-likeness (QED) is 0.681. The number of nitrogens with two attached hydrogens (primary N) is 1. The van der Waals surface area contributed by atoms with Gasteiger partial charge in [-0.25, -0.2) is 4.98 Å². The fraction of sp³-hybridized carbons (Fsp3) is 0.714. The van der Waals surface area contributed by atoms with Crippen LogP contribution >= 0.6 is 23.1 Å². The van der Waals surface area contributed by atoms with E-state index in [0.29, 0.717) is 10.7 Å². The second-order valence-electron chi connectivity index (χ2n) is 4.74. The molecular formula is C14H26N4OS2. The minimum absolute atomic E-state index is 0.114. The van der Waals surface area contributed by atoms with Crippen molar-refractivity contribution in [2.75, 3.05) is 35.2 Å². The molecule has 0 aliphatic carbocycles. The van der Waals surface area contributed by atoms with Crippen molar-refractivity contribution in [1.29, 1.82) is 0 Å². The van der Waals surface area contributed by atoms with Crippen LogP contribution in [0.25, 0.3) is 0 Å². The first-order valence-corrected chi connectivity index (χ1v) is 9.40. The number of carbonyl (C=O) groups excluding carboxylic acids is 1. The number of carbonyl (C=O) groups is 1. The van der Waals surface area contributed by atoms with E-state index in [1.54, 1.807) is 0 Å². The molecule has 7 heteroatoms. The van der Waals surface area contributed by atoms with Crippen LogP contribution < -0.4 is 16.0 Å². The molecule has 1 rings (SSSR count). The molecule has 0 aliphatic rings. The highest BCUT2D eigenvalue weighted by molar-refractivity contribution is 7.99. The SMILES string of the molecule is CCSCCC(C)NC(=O)c1sc(N(CC)CC)nc1N. The highest BCUT2D eigenvalue weighted by Gasteiger charge is 2.19. The standard InChI is InChI=1S/C14H26N4OS2/c1-5-18(6-2)14-17-12(15)11(21-14)13(19)16-10(4)8-9-20-7-3/h10H,5-9,15H2,1-4H3,(H,16,19). The zero-order valence-electron chi connectivity index (χ0n) is 13.3. The highest BCUT2D eigenvalue weighted by Crippen LogP contribution is 2.28. The molecule has 5 nitrogen and oxygen atoms in total. The largest absolute Gasteiger partial charge is 0.382 e. The Kier molecular flexibility index (Phi) is 7.88. The minimum atomic E-state index is -0.114. The van der Waals surface area contributed by atoms with Gasteiger partial charge in [-0.3, -0.25) is 4.79 Å². The van der Waals surface area contributed by atoms with E-state index in [9.17, 15) is 4.79 Å². The average Bonchev–Trinajstić information content (AvgIpc) is 2.82. The lowest BCUT2D eigenvalue weighted by molar-refractivity contribution is 0.0944. The molecule has 1 heterocycles. The number of rotatable bonds is 9. The lowest BCUT2D eigenvalue weighted by Crippen LogP contribution is -2.32. The Morgan fingerprint density at radius 1 is 1.43 bits per heavy atom. The third kappa shape index (κ3) is 5.39. The van der Waals surface area contributed by atoms with Crippen molar-refractivity contribution >= 4 is 40.0 Å². The van der Waals surface area contributed by atoms with Gasteiger partial charge < -0.3 is 16.0 Å². The van der Waals surface area contributed by atoms with Gasteiger partial charge in [0.25, 0.3) is 5.91 Å². The molecule has 120 valence electrons. The molecule has 1 amide bonds. The Morgan fingerprint density at radius 3 is 2.67 bits per heavy atom. The number of hydrogen-bond donors (Lipinski definition) is 2. The number of hydrogen-bond acceptors (Lipinski definition) is 6. The van der Waals surface area contributed by atoms with E-state index < -0.39 is 0 Å². The van der Waals surface area contributed by atoms with Crippen molar-refractivity contribution in [2.24, 2.45) is 0 Å². The van der Waals surface area contributed by atoms with Crippen LogP contribution in [0, 0.1) is 0 Å². The summed E-state index contributed by atoms with van der Waals surface area (Å²) in [7, 11) is 0. The van der Waals surface area contributed by atoms with Crippen LogP contribution in [0.15, 0.2) is 0 Å². The number of anilines is 2. The number of nitrogen functional groups attached to an aromatic ring is 1. The third-order valence-corrected chi connectivity index (χ3v) is 5.22. The summed E-state index contributed by atoms with van der Waals surface area (Å²) in [5.74, 6) is 2.38. The Bertz CT molecular complexity index is 446. The Morgan fingerprint density at radius 2 is 2.10 bits per heavy atom. The summed E-state index contributed by atoms with van der Waals surface area (Å²) in [6.45, 7) is 10.0. The van der Waals surface area contributed by atoms with Crippen LogP contribution in [-0.4, -0.2) is 41.5 Å². The second-order valence-corrected chi connectivity index (χ2v) is 7.11. The van der Waals surface area contributed by atoms with E-state index in [0.717, 1.165) is 36.1 Å². The van der Waals surface area contributed by atoms with Crippen LogP contribution in [0.4, 0.5) is 10.9 Å². The summed E-state index contributed by atoms with van der Waals surface area (Å²) < 4.78 is 0. The molecule has 0 bridgehead atoms. The lowest BCUT2D eigenvalue weighted by atomic mass is 10.2. The van der Waals surface area contributed by atoms with Crippen molar-refractivity contribution in [1.82, 2.24) is 10.3 Å². The van der Waals surface area contributed by atoms with Gasteiger partial charge in [-0.2, -0.15) is 11.8 Å². The molecule has 0 saturated carbocycles. The third-order valence-electron chi connectivity index (χ3n) is 3.16. The summed E-state index contributed by atoms with van der Waals surface area (Å²) in [6.07, 6.45) is 0.964. The molecule has 1 unspecified atom stereocenters. The number of thiazole rings is 1.